The van der Waals surface area contributed by atoms with Crippen LogP contribution in [0.15, 0.2) is 30.5 Å². The van der Waals surface area contributed by atoms with E-state index in [4.69, 9.17) is 19.3 Å². The van der Waals surface area contributed by atoms with E-state index in [0.29, 0.717) is 30.3 Å². The molecule has 4 heterocycles. The molecule has 9 nitrogen and oxygen atoms in total. The maximum atomic E-state index is 15.2. The summed E-state index contributed by atoms with van der Waals surface area (Å²) in [6.45, 7) is 9.52. The molecule has 10 heteroatoms. The second-order valence-corrected chi connectivity index (χ2v) is 12.8. The number of carbonyl (C=O) groups excluding carboxylic acids is 2. The van der Waals surface area contributed by atoms with E-state index < -0.39 is 11.6 Å². The Morgan fingerprint density at radius 1 is 1.02 bits per heavy atom. The summed E-state index contributed by atoms with van der Waals surface area (Å²) >= 11 is 0. The lowest BCUT2D eigenvalue weighted by Crippen LogP contribution is -2.41. The topological polar surface area (TPSA) is 87.3 Å². The Hall–Kier alpha value is -4.08. The molecule has 3 aromatic heterocycles. The zero-order valence-electron chi connectivity index (χ0n) is 25.7. The van der Waals surface area contributed by atoms with Crippen molar-refractivity contribution in [3.8, 4) is 17.1 Å². The number of pyridine rings is 1. The van der Waals surface area contributed by atoms with Gasteiger partial charge >= 0.3 is 12.1 Å². The number of aromatic nitrogens is 3. The third-order valence-corrected chi connectivity index (χ3v) is 8.52. The number of ether oxygens (including phenoxy) is 3. The molecule has 0 atom stereocenters. The molecule has 6 rings (SSSR count). The van der Waals surface area contributed by atoms with Gasteiger partial charge in [-0.25, -0.2) is 18.5 Å². The van der Waals surface area contributed by atoms with Gasteiger partial charge in [-0.3, -0.25) is 0 Å². The van der Waals surface area contributed by atoms with Crippen LogP contribution in [0.1, 0.15) is 73.9 Å². The highest BCUT2D eigenvalue weighted by Crippen LogP contribution is 2.42. The van der Waals surface area contributed by atoms with Crippen LogP contribution < -0.4 is 4.74 Å². The number of amides is 1. The summed E-state index contributed by atoms with van der Waals surface area (Å²) in [5.74, 6) is 0.424. The largest absolute Gasteiger partial charge is 0.494 e. The van der Waals surface area contributed by atoms with Gasteiger partial charge in [0.1, 0.15) is 28.4 Å². The highest BCUT2D eigenvalue weighted by molar-refractivity contribution is 5.93. The monoisotopic (exact) mass is 590 g/mol. The number of piperidine rings is 1. The lowest BCUT2D eigenvalue weighted by molar-refractivity contribution is 0.0204. The predicted molar refractivity (Wildman–Crippen MR) is 161 cm³/mol. The van der Waals surface area contributed by atoms with E-state index in [1.54, 1.807) is 40.9 Å². The number of hydrogen-bond donors (Lipinski definition) is 0. The fourth-order valence-corrected chi connectivity index (χ4v) is 6.28. The number of fused-ring (bicyclic) bond motifs is 2. The molecular formula is C33H39FN4O5. The van der Waals surface area contributed by atoms with Crippen LogP contribution in [0.3, 0.4) is 0 Å². The van der Waals surface area contributed by atoms with E-state index in [0.717, 1.165) is 71.2 Å². The molecule has 1 aromatic carbocycles. The molecular weight excluding hydrogens is 551 g/mol. The van der Waals surface area contributed by atoms with Crippen molar-refractivity contribution in [2.45, 2.75) is 71.4 Å². The maximum Gasteiger partial charge on any atom is 0.410 e. The first kappa shape index (κ1) is 29.0. The second-order valence-electron chi connectivity index (χ2n) is 12.8. The molecule has 1 amide bonds. The van der Waals surface area contributed by atoms with Crippen LogP contribution in [0.4, 0.5) is 9.18 Å². The van der Waals surface area contributed by atoms with Crippen molar-refractivity contribution in [2.75, 3.05) is 27.3 Å². The number of benzene rings is 1. The van der Waals surface area contributed by atoms with Crippen LogP contribution in [0.2, 0.25) is 0 Å². The van der Waals surface area contributed by atoms with Crippen LogP contribution in [0, 0.1) is 18.7 Å². The molecule has 43 heavy (non-hydrogen) atoms. The minimum absolute atomic E-state index is 0.0995. The summed E-state index contributed by atoms with van der Waals surface area (Å²) in [4.78, 5) is 26.8. The number of carbonyl (C=O) groups is 2. The van der Waals surface area contributed by atoms with Crippen molar-refractivity contribution < 1.29 is 28.2 Å². The molecule has 0 unspecified atom stereocenters. The van der Waals surface area contributed by atoms with Crippen LogP contribution in [-0.4, -0.2) is 64.1 Å². The van der Waals surface area contributed by atoms with Gasteiger partial charge in [-0.15, -0.1) is 0 Å². The fraction of sp³-hybridized carbons (Fsp3) is 0.485. The van der Waals surface area contributed by atoms with Crippen molar-refractivity contribution in [2.24, 2.45) is 5.92 Å². The number of hydrogen-bond acceptors (Lipinski definition) is 6. The first-order chi connectivity index (χ1) is 20.5. The Morgan fingerprint density at radius 2 is 1.74 bits per heavy atom. The van der Waals surface area contributed by atoms with Gasteiger partial charge in [0.25, 0.3) is 0 Å². The SMILES string of the molecule is COC(=O)c1cc(OC)c2c(C)c(-c3cc4cc(F)cc(C5CCN(C(=O)OC(C)(C)C)CC5)c4n3CC3CC3)nn2c1. The van der Waals surface area contributed by atoms with Crippen LogP contribution in [0.5, 0.6) is 5.75 Å². The van der Waals surface area contributed by atoms with Crippen molar-refractivity contribution >= 4 is 28.5 Å². The van der Waals surface area contributed by atoms with Crippen molar-refractivity contribution in [1.29, 1.82) is 0 Å². The zero-order chi connectivity index (χ0) is 30.6. The summed E-state index contributed by atoms with van der Waals surface area (Å²) in [6, 6.07) is 6.97. The van der Waals surface area contributed by atoms with Gasteiger partial charge in [-0.05, 0) is 95.0 Å². The molecule has 2 fully saturated rings. The van der Waals surface area contributed by atoms with E-state index in [1.165, 1.54) is 7.11 Å². The van der Waals surface area contributed by atoms with Gasteiger partial charge in [-0.1, -0.05) is 0 Å². The quantitative estimate of drug-likeness (QED) is 0.232. The summed E-state index contributed by atoms with van der Waals surface area (Å²) in [6.07, 6.45) is 5.11. The number of halogens is 1. The standard InChI is InChI=1S/C33H39FN4O5/c1-19-28(35-38-18-23(31(39)42-6)15-27(41-5)29(19)38)26-14-22-13-24(34)16-25(30(22)37(26)17-20-7-8-20)21-9-11-36(12-10-21)32(40)43-33(2,3)4/h13-16,18,20-21H,7-12,17H2,1-6H3. The molecule has 0 spiro atoms. The first-order valence-corrected chi connectivity index (χ1v) is 14.9. The summed E-state index contributed by atoms with van der Waals surface area (Å²) < 4.78 is 35.4. The molecule has 1 saturated carbocycles. The molecule has 1 aliphatic heterocycles. The number of likely N-dealkylation sites (tertiary alicyclic amines) is 1. The Labute approximate surface area is 250 Å². The van der Waals surface area contributed by atoms with Gasteiger partial charge in [0, 0.05) is 36.8 Å². The molecule has 1 saturated heterocycles. The normalized spacial score (nSPS) is 16.2. The Bertz CT molecular complexity index is 1720. The summed E-state index contributed by atoms with van der Waals surface area (Å²) in [5.41, 5.74) is 5.10. The lowest BCUT2D eigenvalue weighted by Gasteiger charge is -2.34. The van der Waals surface area contributed by atoms with Gasteiger partial charge in [0.05, 0.1) is 31.0 Å². The highest BCUT2D eigenvalue weighted by Gasteiger charge is 2.32. The number of esters is 1. The van der Waals surface area contributed by atoms with Gasteiger partial charge in [0.2, 0.25) is 0 Å². The average Bonchev–Trinajstić information content (AvgIpc) is 3.64. The van der Waals surface area contributed by atoms with E-state index >= 15 is 4.39 Å². The zero-order valence-corrected chi connectivity index (χ0v) is 25.7. The maximum absolute atomic E-state index is 15.2. The minimum atomic E-state index is -0.552. The number of methoxy groups -OCH3 is 2. The van der Waals surface area contributed by atoms with Gasteiger partial charge < -0.3 is 23.7 Å². The molecule has 4 aromatic rings. The average molecular weight is 591 g/mol. The molecule has 1 aliphatic carbocycles. The lowest BCUT2D eigenvalue weighted by atomic mass is 9.88. The molecule has 228 valence electrons. The van der Waals surface area contributed by atoms with Crippen molar-refractivity contribution in [3.63, 3.8) is 0 Å². The predicted octanol–water partition coefficient (Wildman–Crippen LogP) is 6.72. The van der Waals surface area contributed by atoms with Crippen molar-refractivity contribution in [3.05, 3.63) is 53.0 Å². The third-order valence-electron chi connectivity index (χ3n) is 8.52. The van der Waals surface area contributed by atoms with E-state index in [9.17, 15) is 9.59 Å². The van der Waals surface area contributed by atoms with E-state index in [1.807, 2.05) is 33.8 Å². The summed E-state index contributed by atoms with van der Waals surface area (Å²) in [5, 5.41) is 5.76. The number of rotatable bonds is 6. The van der Waals surface area contributed by atoms with E-state index in [-0.39, 0.29) is 17.8 Å². The molecule has 0 bridgehead atoms. The number of aryl methyl sites for hydroxylation is 1. The van der Waals surface area contributed by atoms with Crippen LogP contribution in [-0.2, 0) is 16.0 Å². The Morgan fingerprint density at radius 3 is 2.37 bits per heavy atom. The van der Waals surface area contributed by atoms with Crippen LogP contribution in [0.25, 0.3) is 27.8 Å². The minimum Gasteiger partial charge on any atom is -0.494 e. The second kappa shape index (κ2) is 10.9. The Balaban J connectivity index is 1.44. The molecule has 0 N–H and O–H groups in total. The highest BCUT2D eigenvalue weighted by atomic mass is 19.1. The van der Waals surface area contributed by atoms with Crippen molar-refractivity contribution in [1.82, 2.24) is 19.1 Å². The van der Waals surface area contributed by atoms with E-state index in [2.05, 4.69) is 4.57 Å². The Kier molecular flexibility index (Phi) is 7.34. The summed E-state index contributed by atoms with van der Waals surface area (Å²) in [7, 11) is 2.91. The third kappa shape index (κ3) is 5.55. The molecule has 0 radical (unpaired) electrons. The molecule has 2 aliphatic rings. The smallest absolute Gasteiger partial charge is 0.410 e. The van der Waals surface area contributed by atoms with Crippen LogP contribution >= 0.6 is 0 Å². The van der Waals surface area contributed by atoms with Gasteiger partial charge in [0.15, 0.2) is 0 Å². The number of nitrogens with zero attached hydrogens (tertiary/aromatic N) is 4. The fourth-order valence-electron chi connectivity index (χ4n) is 6.28. The first-order valence-electron chi connectivity index (χ1n) is 14.9. The van der Waals surface area contributed by atoms with Gasteiger partial charge in [-0.2, -0.15) is 5.10 Å².